The Kier molecular flexibility index (Phi) is 5.92. The summed E-state index contributed by atoms with van der Waals surface area (Å²) in [5.74, 6) is 0.577. The lowest BCUT2D eigenvalue weighted by Gasteiger charge is -2.07. The number of thiazole rings is 1. The lowest BCUT2D eigenvalue weighted by atomic mass is 10.2. The normalized spacial score (nSPS) is 11.0. The first kappa shape index (κ1) is 21.6. The van der Waals surface area contributed by atoms with E-state index in [0.29, 0.717) is 39.5 Å². The summed E-state index contributed by atoms with van der Waals surface area (Å²) < 4.78 is 12.7. The monoisotopic (exact) mass is 472 g/mol. The molecule has 34 heavy (non-hydrogen) atoms. The molecule has 5 aromatic rings. The first-order chi connectivity index (χ1) is 16.6. The number of ether oxygens (including phenoxy) is 1. The Morgan fingerprint density at radius 2 is 1.88 bits per heavy atom. The molecule has 170 valence electrons. The number of aromatic nitrogens is 3. The number of benzene rings is 2. The molecule has 0 aliphatic rings. The van der Waals surface area contributed by atoms with Gasteiger partial charge in [-0.25, -0.2) is 9.97 Å². The third-order valence-electron chi connectivity index (χ3n) is 5.08. The van der Waals surface area contributed by atoms with Crippen molar-refractivity contribution in [1.82, 2.24) is 19.9 Å². The highest BCUT2D eigenvalue weighted by Crippen LogP contribution is 2.22. The Bertz CT molecular complexity index is 1490. The molecule has 0 saturated carbocycles. The molecule has 5 rings (SSSR count). The molecule has 2 aromatic carbocycles. The molecule has 0 bridgehead atoms. The summed E-state index contributed by atoms with van der Waals surface area (Å²) in [5, 5.41) is 3.21. The topological polar surface area (TPSA) is 99.2 Å². The fraction of sp³-hybridized carbons (Fsp3) is 0.120. The number of oxazole rings is 1. The number of fused-ring (bicyclic) bond motifs is 1. The second kappa shape index (κ2) is 9.32. The van der Waals surface area contributed by atoms with Crippen LogP contribution in [0.4, 0.5) is 0 Å². The van der Waals surface area contributed by atoms with Crippen LogP contribution in [0.15, 0.2) is 82.1 Å². The number of amides is 1. The van der Waals surface area contributed by atoms with Gasteiger partial charge < -0.3 is 14.5 Å². The first-order valence-electron chi connectivity index (χ1n) is 10.6. The lowest BCUT2D eigenvalue weighted by Crippen LogP contribution is -2.22. The van der Waals surface area contributed by atoms with Crippen molar-refractivity contribution in [2.24, 2.45) is 0 Å². The Balaban J connectivity index is 1.27. The molecular weight excluding hydrogens is 452 g/mol. The van der Waals surface area contributed by atoms with Gasteiger partial charge in [0.15, 0.2) is 10.7 Å². The Hall–Kier alpha value is -4.24. The van der Waals surface area contributed by atoms with Crippen LogP contribution in [0, 0.1) is 6.92 Å². The van der Waals surface area contributed by atoms with Crippen LogP contribution >= 0.6 is 11.3 Å². The van der Waals surface area contributed by atoms with Gasteiger partial charge >= 0.3 is 0 Å². The van der Waals surface area contributed by atoms with Crippen molar-refractivity contribution in [1.29, 1.82) is 0 Å². The molecule has 9 heteroatoms. The Morgan fingerprint density at radius 1 is 1.09 bits per heavy atom. The summed E-state index contributed by atoms with van der Waals surface area (Å²) in [6, 6.07) is 20.2. The van der Waals surface area contributed by atoms with Crippen LogP contribution in [0.5, 0.6) is 5.75 Å². The maximum atomic E-state index is 12.7. The zero-order valence-electron chi connectivity index (χ0n) is 18.2. The van der Waals surface area contributed by atoms with Crippen molar-refractivity contribution in [3.63, 3.8) is 0 Å². The minimum absolute atomic E-state index is 0.146. The highest BCUT2D eigenvalue weighted by atomic mass is 32.1. The second-order valence-corrected chi connectivity index (χ2v) is 8.49. The molecule has 3 aromatic heterocycles. The van der Waals surface area contributed by atoms with E-state index in [-0.39, 0.29) is 18.0 Å². The molecule has 8 nitrogen and oxygen atoms in total. The number of pyridine rings is 1. The standard InChI is InChI=1S/C25H20N4O4S/c1-16-23(24(31)26-14-21-28-19-9-5-6-10-20(19)33-21)34-25(27-16)29-12-11-18(13-22(29)30)32-15-17-7-3-2-4-8-17/h2-13H,14-15H2,1H3,(H,26,31). The second-order valence-electron chi connectivity index (χ2n) is 7.51. The zero-order valence-corrected chi connectivity index (χ0v) is 19.0. The number of carbonyl (C=O) groups is 1. The molecule has 0 unspecified atom stereocenters. The van der Waals surface area contributed by atoms with Crippen LogP contribution in [0.1, 0.15) is 26.8 Å². The number of para-hydroxylation sites is 2. The molecule has 0 saturated heterocycles. The number of carbonyl (C=O) groups excluding carboxylic acids is 1. The van der Waals surface area contributed by atoms with Gasteiger partial charge in [-0.1, -0.05) is 53.8 Å². The molecule has 0 aliphatic heterocycles. The molecule has 0 fully saturated rings. The van der Waals surface area contributed by atoms with Gasteiger partial charge in [-0.2, -0.15) is 0 Å². The molecule has 0 aliphatic carbocycles. The van der Waals surface area contributed by atoms with Gasteiger partial charge in [0.2, 0.25) is 5.89 Å². The van der Waals surface area contributed by atoms with E-state index in [1.165, 1.54) is 10.6 Å². The first-order valence-corrected chi connectivity index (χ1v) is 11.4. The molecule has 0 atom stereocenters. The van der Waals surface area contributed by atoms with Gasteiger partial charge in [0.25, 0.3) is 11.5 Å². The number of hydrogen-bond donors (Lipinski definition) is 1. The van der Waals surface area contributed by atoms with E-state index in [2.05, 4.69) is 15.3 Å². The van der Waals surface area contributed by atoms with E-state index in [9.17, 15) is 9.59 Å². The van der Waals surface area contributed by atoms with Crippen LogP contribution in [-0.4, -0.2) is 20.4 Å². The average molecular weight is 473 g/mol. The summed E-state index contributed by atoms with van der Waals surface area (Å²) in [6.07, 6.45) is 1.60. The van der Waals surface area contributed by atoms with E-state index in [1.54, 1.807) is 19.2 Å². The van der Waals surface area contributed by atoms with Gasteiger partial charge in [-0.3, -0.25) is 14.2 Å². The van der Waals surface area contributed by atoms with Crippen molar-refractivity contribution >= 4 is 28.3 Å². The maximum Gasteiger partial charge on any atom is 0.263 e. The fourth-order valence-electron chi connectivity index (χ4n) is 3.38. The van der Waals surface area contributed by atoms with Gasteiger partial charge in [-0.05, 0) is 30.7 Å². The van der Waals surface area contributed by atoms with Crippen molar-refractivity contribution in [2.75, 3.05) is 0 Å². The van der Waals surface area contributed by atoms with Crippen LogP contribution in [0.3, 0.4) is 0 Å². The fourth-order valence-corrected chi connectivity index (χ4v) is 4.35. The van der Waals surface area contributed by atoms with Crippen LogP contribution in [0.25, 0.3) is 16.2 Å². The number of aryl methyl sites for hydroxylation is 1. The average Bonchev–Trinajstić information content (AvgIpc) is 3.45. The highest BCUT2D eigenvalue weighted by molar-refractivity contribution is 7.16. The summed E-state index contributed by atoms with van der Waals surface area (Å²) in [4.78, 5) is 34.6. The molecule has 0 radical (unpaired) electrons. The summed E-state index contributed by atoms with van der Waals surface area (Å²) >= 11 is 1.14. The van der Waals surface area contributed by atoms with Crippen LogP contribution in [0.2, 0.25) is 0 Å². The molecule has 3 heterocycles. The van der Waals surface area contributed by atoms with Crippen molar-refractivity contribution in [3.05, 3.63) is 105 Å². The minimum Gasteiger partial charge on any atom is -0.489 e. The summed E-state index contributed by atoms with van der Waals surface area (Å²) in [5.41, 5.74) is 2.65. The summed E-state index contributed by atoms with van der Waals surface area (Å²) in [7, 11) is 0. The predicted octanol–water partition coefficient (Wildman–Crippen LogP) is 4.25. The van der Waals surface area contributed by atoms with Crippen molar-refractivity contribution in [3.8, 4) is 10.9 Å². The van der Waals surface area contributed by atoms with E-state index in [4.69, 9.17) is 9.15 Å². The van der Waals surface area contributed by atoms with Gasteiger partial charge in [0, 0.05) is 12.3 Å². The third kappa shape index (κ3) is 4.60. The molecular formula is C25H20N4O4S. The number of rotatable bonds is 7. The van der Waals surface area contributed by atoms with Gasteiger partial charge in [0.05, 0.1) is 12.2 Å². The van der Waals surface area contributed by atoms with E-state index in [0.717, 1.165) is 22.4 Å². The Labute approximate surface area is 198 Å². The van der Waals surface area contributed by atoms with E-state index in [1.807, 2.05) is 54.6 Å². The van der Waals surface area contributed by atoms with Crippen molar-refractivity contribution in [2.45, 2.75) is 20.1 Å². The molecule has 1 N–H and O–H groups in total. The summed E-state index contributed by atoms with van der Waals surface area (Å²) in [6.45, 7) is 2.25. The number of hydrogen-bond acceptors (Lipinski definition) is 7. The predicted molar refractivity (Wildman–Crippen MR) is 128 cm³/mol. The van der Waals surface area contributed by atoms with Gasteiger partial charge in [0.1, 0.15) is 22.8 Å². The highest BCUT2D eigenvalue weighted by Gasteiger charge is 2.18. The molecule has 0 spiro atoms. The van der Waals surface area contributed by atoms with Crippen molar-refractivity contribution < 1.29 is 13.9 Å². The quantitative estimate of drug-likeness (QED) is 0.380. The Morgan fingerprint density at radius 3 is 2.68 bits per heavy atom. The van der Waals surface area contributed by atoms with Crippen LogP contribution in [-0.2, 0) is 13.2 Å². The molecule has 1 amide bonds. The maximum absolute atomic E-state index is 12.7. The third-order valence-corrected chi connectivity index (χ3v) is 6.23. The lowest BCUT2D eigenvalue weighted by molar-refractivity contribution is 0.0950. The van der Waals surface area contributed by atoms with Gasteiger partial charge in [-0.15, -0.1) is 0 Å². The van der Waals surface area contributed by atoms with E-state index < -0.39 is 0 Å². The number of nitrogens with zero attached hydrogens (tertiary/aromatic N) is 3. The number of nitrogens with one attached hydrogen (secondary N) is 1. The minimum atomic E-state index is -0.306. The van der Waals surface area contributed by atoms with E-state index >= 15 is 0 Å². The SMILES string of the molecule is Cc1nc(-n2ccc(OCc3ccccc3)cc2=O)sc1C(=O)NCc1nc2ccccc2o1. The largest absolute Gasteiger partial charge is 0.489 e. The van der Waals surface area contributed by atoms with Crippen LogP contribution < -0.4 is 15.6 Å². The smallest absolute Gasteiger partial charge is 0.263 e. The zero-order chi connectivity index (χ0) is 23.5.